The van der Waals surface area contributed by atoms with Gasteiger partial charge >= 0.3 is 0 Å². The number of hydrogen-bond acceptors (Lipinski definition) is 4. The summed E-state index contributed by atoms with van der Waals surface area (Å²) in [5.41, 5.74) is 2.39. The van der Waals surface area contributed by atoms with Crippen molar-refractivity contribution in [2.24, 2.45) is 0 Å². The van der Waals surface area contributed by atoms with Gasteiger partial charge in [0.25, 0.3) is 0 Å². The Kier molecular flexibility index (Phi) is 4.20. The second kappa shape index (κ2) is 5.87. The SMILES string of the molecule is CCCCNc1oncc1C1=CCCNC1C. The maximum Gasteiger partial charge on any atom is 0.232 e. The summed E-state index contributed by atoms with van der Waals surface area (Å²) in [6.45, 7) is 6.34. The zero-order chi connectivity index (χ0) is 12.1. The lowest BCUT2D eigenvalue weighted by molar-refractivity contribution is 0.431. The Morgan fingerprint density at radius 2 is 2.47 bits per heavy atom. The summed E-state index contributed by atoms with van der Waals surface area (Å²) in [5, 5.41) is 10.7. The summed E-state index contributed by atoms with van der Waals surface area (Å²) in [4.78, 5) is 0. The molecular formula is C13H21N3O. The molecule has 2 N–H and O–H groups in total. The van der Waals surface area contributed by atoms with Crippen LogP contribution in [-0.4, -0.2) is 24.3 Å². The van der Waals surface area contributed by atoms with Gasteiger partial charge in [-0.15, -0.1) is 0 Å². The summed E-state index contributed by atoms with van der Waals surface area (Å²) >= 11 is 0. The topological polar surface area (TPSA) is 50.1 Å². The molecule has 1 aliphatic rings. The molecule has 1 atom stereocenters. The number of rotatable bonds is 5. The van der Waals surface area contributed by atoms with Crippen molar-refractivity contribution >= 4 is 11.5 Å². The van der Waals surface area contributed by atoms with Gasteiger partial charge in [-0.05, 0) is 31.9 Å². The quantitative estimate of drug-likeness (QED) is 0.770. The molecule has 17 heavy (non-hydrogen) atoms. The fourth-order valence-corrected chi connectivity index (χ4v) is 2.11. The zero-order valence-corrected chi connectivity index (χ0v) is 10.6. The molecule has 0 amide bonds. The number of nitrogens with one attached hydrogen (secondary N) is 2. The maximum atomic E-state index is 5.28. The van der Waals surface area contributed by atoms with Crippen LogP contribution in [0.4, 0.5) is 5.88 Å². The second-order valence-corrected chi connectivity index (χ2v) is 4.47. The highest BCUT2D eigenvalue weighted by Crippen LogP contribution is 2.28. The molecule has 0 radical (unpaired) electrons. The Labute approximate surface area is 102 Å². The van der Waals surface area contributed by atoms with Crippen molar-refractivity contribution in [1.29, 1.82) is 0 Å². The highest BCUT2D eigenvalue weighted by molar-refractivity contribution is 5.76. The predicted octanol–water partition coefficient (Wildman–Crippen LogP) is 2.65. The van der Waals surface area contributed by atoms with E-state index in [0.717, 1.165) is 37.4 Å². The van der Waals surface area contributed by atoms with Crippen LogP contribution >= 0.6 is 0 Å². The van der Waals surface area contributed by atoms with Gasteiger partial charge in [0.05, 0.1) is 11.8 Å². The van der Waals surface area contributed by atoms with Crippen molar-refractivity contribution in [3.63, 3.8) is 0 Å². The van der Waals surface area contributed by atoms with Crippen LogP contribution in [-0.2, 0) is 0 Å². The van der Waals surface area contributed by atoms with E-state index in [1.807, 2.05) is 6.20 Å². The molecule has 0 fully saturated rings. The summed E-state index contributed by atoms with van der Waals surface area (Å²) in [7, 11) is 0. The lowest BCUT2D eigenvalue weighted by atomic mass is 9.98. The van der Waals surface area contributed by atoms with E-state index in [9.17, 15) is 0 Å². The van der Waals surface area contributed by atoms with Crippen LogP contribution in [0.15, 0.2) is 16.8 Å². The van der Waals surface area contributed by atoms with Crippen LogP contribution in [0, 0.1) is 0 Å². The Hall–Kier alpha value is -1.29. The number of aromatic nitrogens is 1. The van der Waals surface area contributed by atoms with E-state index >= 15 is 0 Å². The van der Waals surface area contributed by atoms with E-state index in [0.29, 0.717) is 6.04 Å². The summed E-state index contributed by atoms with van der Waals surface area (Å²) in [6.07, 6.45) is 7.48. The minimum Gasteiger partial charge on any atom is -0.354 e. The fraction of sp³-hybridized carbons (Fsp3) is 0.615. The predicted molar refractivity (Wildman–Crippen MR) is 70.0 cm³/mol. The molecule has 4 heteroatoms. The van der Waals surface area contributed by atoms with E-state index < -0.39 is 0 Å². The molecule has 1 unspecified atom stereocenters. The molecule has 2 heterocycles. The summed E-state index contributed by atoms with van der Waals surface area (Å²) < 4.78 is 5.28. The lowest BCUT2D eigenvalue weighted by Crippen LogP contribution is -2.31. The highest BCUT2D eigenvalue weighted by Gasteiger charge is 2.19. The van der Waals surface area contributed by atoms with Crippen molar-refractivity contribution in [3.8, 4) is 0 Å². The second-order valence-electron chi connectivity index (χ2n) is 4.47. The van der Waals surface area contributed by atoms with E-state index in [4.69, 9.17) is 4.52 Å². The van der Waals surface area contributed by atoms with Crippen LogP contribution in [0.1, 0.15) is 38.7 Å². The molecule has 0 saturated heterocycles. The third kappa shape index (κ3) is 2.88. The van der Waals surface area contributed by atoms with Gasteiger partial charge in [-0.1, -0.05) is 24.6 Å². The minimum absolute atomic E-state index is 0.370. The van der Waals surface area contributed by atoms with Crippen LogP contribution < -0.4 is 10.6 Å². The lowest BCUT2D eigenvalue weighted by Gasteiger charge is -2.21. The Balaban J connectivity index is 2.10. The Morgan fingerprint density at radius 1 is 1.59 bits per heavy atom. The number of hydrogen-bond donors (Lipinski definition) is 2. The standard InChI is InChI=1S/C13H21N3O/c1-3-4-7-15-13-12(9-16-17-13)11-6-5-8-14-10(11)2/h6,9-10,14-15H,3-5,7-8H2,1-2H3. The van der Waals surface area contributed by atoms with Crippen LogP contribution in [0.5, 0.6) is 0 Å². The molecule has 94 valence electrons. The number of unbranched alkanes of at least 4 members (excludes halogenated alkanes) is 1. The molecule has 1 aromatic heterocycles. The van der Waals surface area contributed by atoms with Gasteiger partial charge in [-0.2, -0.15) is 0 Å². The number of nitrogens with zero attached hydrogens (tertiary/aromatic N) is 1. The van der Waals surface area contributed by atoms with Crippen molar-refractivity contribution in [3.05, 3.63) is 17.8 Å². The molecule has 4 nitrogen and oxygen atoms in total. The first kappa shape index (κ1) is 12.2. The van der Waals surface area contributed by atoms with Crippen molar-refractivity contribution in [2.75, 3.05) is 18.4 Å². The van der Waals surface area contributed by atoms with Gasteiger partial charge in [0.1, 0.15) is 0 Å². The van der Waals surface area contributed by atoms with E-state index in [1.165, 1.54) is 12.0 Å². The third-order valence-corrected chi connectivity index (χ3v) is 3.12. The molecule has 1 aliphatic heterocycles. The van der Waals surface area contributed by atoms with Gasteiger partial charge in [-0.25, -0.2) is 0 Å². The first-order valence-electron chi connectivity index (χ1n) is 6.45. The normalized spacial score (nSPS) is 20.1. The van der Waals surface area contributed by atoms with Gasteiger partial charge in [0.2, 0.25) is 5.88 Å². The van der Waals surface area contributed by atoms with Gasteiger partial charge in [0, 0.05) is 12.6 Å². The smallest absolute Gasteiger partial charge is 0.232 e. The van der Waals surface area contributed by atoms with Gasteiger partial charge in [-0.3, -0.25) is 0 Å². The summed E-state index contributed by atoms with van der Waals surface area (Å²) in [6, 6.07) is 0.370. The molecule has 0 aliphatic carbocycles. The largest absolute Gasteiger partial charge is 0.354 e. The van der Waals surface area contributed by atoms with Crippen LogP contribution in [0.3, 0.4) is 0 Å². The van der Waals surface area contributed by atoms with Crippen LogP contribution in [0.2, 0.25) is 0 Å². The molecule has 2 rings (SSSR count). The van der Waals surface area contributed by atoms with E-state index in [-0.39, 0.29) is 0 Å². The number of anilines is 1. The molecule has 0 bridgehead atoms. The monoisotopic (exact) mass is 235 g/mol. The van der Waals surface area contributed by atoms with Crippen molar-refractivity contribution in [2.45, 2.75) is 39.2 Å². The highest BCUT2D eigenvalue weighted by atomic mass is 16.5. The van der Waals surface area contributed by atoms with E-state index in [1.54, 1.807) is 0 Å². The summed E-state index contributed by atoms with van der Waals surface area (Å²) in [5.74, 6) is 0.806. The minimum atomic E-state index is 0.370. The first-order chi connectivity index (χ1) is 8.33. The molecule has 0 spiro atoms. The third-order valence-electron chi connectivity index (χ3n) is 3.12. The van der Waals surface area contributed by atoms with Gasteiger partial charge < -0.3 is 15.2 Å². The molecular weight excluding hydrogens is 214 g/mol. The maximum absolute atomic E-state index is 5.28. The molecule has 0 aromatic carbocycles. The van der Waals surface area contributed by atoms with Crippen molar-refractivity contribution in [1.82, 2.24) is 10.5 Å². The van der Waals surface area contributed by atoms with E-state index in [2.05, 4.69) is 35.7 Å². The van der Waals surface area contributed by atoms with Gasteiger partial charge in [0.15, 0.2) is 0 Å². The average Bonchev–Trinajstić information content (AvgIpc) is 2.78. The zero-order valence-electron chi connectivity index (χ0n) is 10.6. The average molecular weight is 235 g/mol. The molecule has 1 aromatic rings. The van der Waals surface area contributed by atoms with Crippen LogP contribution in [0.25, 0.3) is 5.57 Å². The van der Waals surface area contributed by atoms with Crippen molar-refractivity contribution < 1.29 is 4.52 Å². The fourth-order valence-electron chi connectivity index (χ4n) is 2.11. The Morgan fingerprint density at radius 3 is 3.24 bits per heavy atom. The molecule has 0 saturated carbocycles. The Bertz CT molecular complexity index is 384. The first-order valence-corrected chi connectivity index (χ1v) is 6.45.